The average molecular weight is 401 g/mol. The van der Waals surface area contributed by atoms with Crippen LogP contribution in [0.4, 0.5) is 0 Å². The van der Waals surface area contributed by atoms with Crippen molar-refractivity contribution in [2.45, 2.75) is 117 Å². The Morgan fingerprint density at radius 2 is 1.15 bits per heavy atom. The van der Waals surface area contributed by atoms with Crippen LogP contribution in [0.5, 0.6) is 0 Å². The summed E-state index contributed by atoms with van der Waals surface area (Å²) in [6, 6.07) is 0. The Bertz CT molecular complexity index is 374. The summed E-state index contributed by atoms with van der Waals surface area (Å²) in [5.74, 6) is 0.957. The molecule has 0 aliphatic heterocycles. The second-order valence-corrected chi connectivity index (χ2v) is 8.38. The van der Waals surface area contributed by atoms with Gasteiger partial charge >= 0.3 is 29.6 Å². The van der Waals surface area contributed by atoms with Crippen molar-refractivity contribution < 1.29 is 46.7 Å². The Hall–Kier alpha value is 0.870. The predicted octanol–water partition coefficient (Wildman–Crippen LogP) is 3.36. The number of hydrogen-bond acceptors (Lipinski definition) is 4. The Morgan fingerprint density at radius 1 is 0.731 bits per heavy atom. The third-order valence-corrected chi connectivity index (χ3v) is 5.48. The van der Waals surface area contributed by atoms with Gasteiger partial charge in [0.05, 0.1) is 6.61 Å². The van der Waals surface area contributed by atoms with E-state index in [0.29, 0.717) is 6.42 Å². The van der Waals surface area contributed by atoms with Crippen LogP contribution in [0.3, 0.4) is 0 Å². The van der Waals surface area contributed by atoms with E-state index in [9.17, 15) is 13.0 Å². The van der Waals surface area contributed by atoms with Gasteiger partial charge in [-0.15, -0.1) is 0 Å². The number of hydrogen-bond donors (Lipinski definition) is 0. The van der Waals surface area contributed by atoms with Gasteiger partial charge in [-0.25, -0.2) is 8.42 Å². The Morgan fingerprint density at radius 3 is 1.58 bits per heavy atom. The van der Waals surface area contributed by atoms with Crippen LogP contribution in [0.15, 0.2) is 0 Å². The molecule has 0 fully saturated rings. The fourth-order valence-electron chi connectivity index (χ4n) is 3.33. The molecule has 0 aliphatic carbocycles. The summed E-state index contributed by atoms with van der Waals surface area (Å²) in [7, 11) is -4.50. The molecular formula is C20H41NaO4S. The van der Waals surface area contributed by atoms with Crippen LogP contribution in [-0.2, 0) is 14.6 Å². The standard InChI is InChI=1S/C20H42O4S.Na/c1-3-5-17-20(4-2)18-15-13-11-9-7-6-8-10-12-14-16-19-24-25(21,22)23;/h20H,3-19H2,1-2H3,(H,21,22,23);/q;+1/p-1. The normalized spacial score (nSPS) is 12.7. The Balaban J connectivity index is 0. The zero-order valence-corrected chi connectivity index (χ0v) is 20.5. The van der Waals surface area contributed by atoms with E-state index >= 15 is 0 Å². The van der Waals surface area contributed by atoms with E-state index in [-0.39, 0.29) is 36.2 Å². The number of rotatable bonds is 19. The molecule has 0 saturated carbocycles. The first-order chi connectivity index (χ1) is 12.0. The van der Waals surface area contributed by atoms with Gasteiger partial charge in [0.1, 0.15) is 0 Å². The molecule has 0 amide bonds. The van der Waals surface area contributed by atoms with Gasteiger partial charge in [0.15, 0.2) is 0 Å². The van der Waals surface area contributed by atoms with Crippen molar-refractivity contribution in [3.8, 4) is 0 Å². The molecule has 1 unspecified atom stereocenters. The third-order valence-electron chi connectivity index (χ3n) is 5.03. The molecule has 0 aromatic heterocycles. The van der Waals surface area contributed by atoms with Gasteiger partial charge in [-0.2, -0.15) is 0 Å². The predicted molar refractivity (Wildman–Crippen MR) is 104 cm³/mol. The molecule has 26 heavy (non-hydrogen) atoms. The molecule has 0 aromatic rings. The first kappa shape index (κ1) is 29.1. The molecule has 0 saturated heterocycles. The molecule has 0 heterocycles. The van der Waals surface area contributed by atoms with E-state index in [2.05, 4.69) is 18.0 Å². The molecule has 0 aliphatic rings. The molecule has 0 bridgehead atoms. The molecule has 1 atom stereocenters. The van der Waals surface area contributed by atoms with Crippen molar-refractivity contribution in [3.63, 3.8) is 0 Å². The molecular weight excluding hydrogens is 359 g/mol. The summed E-state index contributed by atoms with van der Waals surface area (Å²) in [5.41, 5.74) is 0. The molecule has 0 spiro atoms. The zero-order chi connectivity index (χ0) is 18.8. The summed E-state index contributed by atoms with van der Waals surface area (Å²) in [6.07, 6.45) is 20.2. The Kier molecular flexibility index (Phi) is 23.0. The molecule has 6 heteroatoms. The van der Waals surface area contributed by atoms with Crippen LogP contribution in [0.25, 0.3) is 0 Å². The minimum absolute atomic E-state index is 0. The molecule has 0 rings (SSSR count). The van der Waals surface area contributed by atoms with Crippen LogP contribution in [0, 0.1) is 5.92 Å². The van der Waals surface area contributed by atoms with Crippen LogP contribution in [0.1, 0.15) is 117 Å². The topological polar surface area (TPSA) is 66.4 Å². The van der Waals surface area contributed by atoms with Crippen LogP contribution < -0.4 is 29.6 Å². The maximum Gasteiger partial charge on any atom is 1.00 e. The zero-order valence-electron chi connectivity index (χ0n) is 17.6. The van der Waals surface area contributed by atoms with Gasteiger partial charge in [-0.05, 0) is 12.3 Å². The van der Waals surface area contributed by atoms with Crippen LogP contribution in [0.2, 0.25) is 0 Å². The molecule has 0 N–H and O–H groups in total. The second kappa shape index (κ2) is 20.6. The fraction of sp³-hybridized carbons (Fsp3) is 1.00. The smallest absolute Gasteiger partial charge is 0.726 e. The van der Waals surface area contributed by atoms with E-state index < -0.39 is 10.4 Å². The largest absolute Gasteiger partial charge is 1.00 e. The monoisotopic (exact) mass is 400 g/mol. The van der Waals surface area contributed by atoms with Gasteiger partial charge in [0, 0.05) is 0 Å². The summed E-state index contributed by atoms with van der Waals surface area (Å²) in [5, 5.41) is 0. The SMILES string of the molecule is CCCCC(CC)CCCCCCCCCCCCCOS(=O)(=O)[O-].[Na+]. The summed E-state index contributed by atoms with van der Waals surface area (Å²) in [4.78, 5) is 0. The molecule has 0 aromatic carbocycles. The molecule has 0 radical (unpaired) electrons. The van der Waals surface area contributed by atoms with Gasteiger partial charge < -0.3 is 4.55 Å². The third kappa shape index (κ3) is 22.9. The van der Waals surface area contributed by atoms with E-state index in [1.165, 1.54) is 83.5 Å². The second-order valence-electron chi connectivity index (χ2n) is 7.32. The maximum absolute atomic E-state index is 10.2. The quantitative estimate of drug-likeness (QED) is 0.144. The number of unbranched alkanes of at least 4 members (excludes halogenated alkanes) is 11. The van der Waals surface area contributed by atoms with Gasteiger partial charge in [0.2, 0.25) is 10.4 Å². The first-order valence-corrected chi connectivity index (χ1v) is 11.9. The maximum atomic E-state index is 10.2. The van der Waals surface area contributed by atoms with Crippen molar-refractivity contribution in [3.05, 3.63) is 0 Å². The van der Waals surface area contributed by atoms with Crippen molar-refractivity contribution in [1.29, 1.82) is 0 Å². The van der Waals surface area contributed by atoms with E-state index in [1.807, 2.05) is 0 Å². The van der Waals surface area contributed by atoms with E-state index in [0.717, 1.165) is 18.8 Å². The Labute approximate surface area is 185 Å². The average Bonchev–Trinajstić information content (AvgIpc) is 2.56. The van der Waals surface area contributed by atoms with Gasteiger partial charge in [0.25, 0.3) is 0 Å². The van der Waals surface area contributed by atoms with Crippen molar-refractivity contribution >= 4 is 10.4 Å². The van der Waals surface area contributed by atoms with Crippen molar-refractivity contribution in [2.24, 2.45) is 5.92 Å². The van der Waals surface area contributed by atoms with Crippen LogP contribution in [-0.4, -0.2) is 19.6 Å². The van der Waals surface area contributed by atoms with E-state index in [1.54, 1.807) is 0 Å². The summed E-state index contributed by atoms with van der Waals surface area (Å²) >= 11 is 0. The minimum Gasteiger partial charge on any atom is -0.726 e. The van der Waals surface area contributed by atoms with Gasteiger partial charge in [-0.1, -0.05) is 110 Å². The molecule has 152 valence electrons. The summed E-state index contributed by atoms with van der Waals surface area (Å²) < 4.78 is 34.9. The van der Waals surface area contributed by atoms with Crippen molar-refractivity contribution in [1.82, 2.24) is 0 Å². The van der Waals surface area contributed by atoms with Crippen LogP contribution >= 0.6 is 0 Å². The molecule has 4 nitrogen and oxygen atoms in total. The first-order valence-electron chi connectivity index (χ1n) is 10.6. The minimum atomic E-state index is -4.50. The van der Waals surface area contributed by atoms with Crippen molar-refractivity contribution in [2.75, 3.05) is 6.61 Å². The van der Waals surface area contributed by atoms with Gasteiger partial charge in [-0.3, -0.25) is 4.18 Å². The summed E-state index contributed by atoms with van der Waals surface area (Å²) in [6.45, 7) is 4.64. The van der Waals surface area contributed by atoms with E-state index in [4.69, 9.17) is 0 Å². The fourth-order valence-corrected chi connectivity index (χ4v) is 3.65.